The maximum absolute atomic E-state index is 13.8. The maximum Gasteiger partial charge on any atom is 0.132 e. The van der Waals surface area contributed by atoms with Crippen molar-refractivity contribution >= 4 is 10.9 Å². The van der Waals surface area contributed by atoms with Gasteiger partial charge in [0.1, 0.15) is 5.82 Å². The van der Waals surface area contributed by atoms with Gasteiger partial charge in [0.2, 0.25) is 0 Å². The van der Waals surface area contributed by atoms with Crippen LogP contribution in [-0.2, 0) is 6.54 Å². The second-order valence-electron chi connectivity index (χ2n) is 5.32. The summed E-state index contributed by atoms with van der Waals surface area (Å²) >= 11 is 0. The molecule has 0 atom stereocenters. The van der Waals surface area contributed by atoms with E-state index in [4.69, 9.17) is 0 Å². The number of hydrogen-bond acceptors (Lipinski definition) is 3. The number of pyridine rings is 2. The molecule has 0 bridgehead atoms. The van der Waals surface area contributed by atoms with Crippen LogP contribution in [0, 0.1) is 5.82 Å². The van der Waals surface area contributed by atoms with E-state index < -0.39 is 0 Å². The fourth-order valence-electron chi connectivity index (χ4n) is 2.31. The van der Waals surface area contributed by atoms with Gasteiger partial charge in [0.05, 0.1) is 11.2 Å². The van der Waals surface area contributed by atoms with Crippen LogP contribution in [0.25, 0.3) is 22.2 Å². The van der Waals surface area contributed by atoms with Gasteiger partial charge in [0.15, 0.2) is 0 Å². The second-order valence-corrected chi connectivity index (χ2v) is 5.32. The third kappa shape index (κ3) is 2.90. The van der Waals surface area contributed by atoms with Crippen LogP contribution in [0.3, 0.4) is 0 Å². The van der Waals surface area contributed by atoms with Crippen LogP contribution >= 0.6 is 0 Å². The molecule has 0 spiro atoms. The average molecular weight is 281 g/mol. The number of rotatable bonds is 3. The molecule has 3 nitrogen and oxygen atoms in total. The van der Waals surface area contributed by atoms with Crippen molar-refractivity contribution in [2.45, 2.75) is 6.54 Å². The average Bonchev–Trinajstić information content (AvgIpc) is 2.48. The van der Waals surface area contributed by atoms with Crippen LogP contribution in [0.15, 0.2) is 48.8 Å². The summed E-state index contributed by atoms with van der Waals surface area (Å²) in [6.07, 6.45) is 3.58. The van der Waals surface area contributed by atoms with Gasteiger partial charge in [-0.15, -0.1) is 0 Å². The molecule has 0 aliphatic rings. The Morgan fingerprint density at radius 3 is 2.62 bits per heavy atom. The number of halogens is 1. The Kier molecular flexibility index (Phi) is 3.62. The first-order chi connectivity index (χ1) is 10.1. The van der Waals surface area contributed by atoms with Crippen molar-refractivity contribution in [3.63, 3.8) is 0 Å². The lowest BCUT2D eigenvalue weighted by Gasteiger charge is -2.09. The molecule has 0 aliphatic heterocycles. The Labute approximate surface area is 123 Å². The highest BCUT2D eigenvalue weighted by Crippen LogP contribution is 2.23. The van der Waals surface area contributed by atoms with Gasteiger partial charge >= 0.3 is 0 Å². The molecule has 1 aromatic carbocycles. The van der Waals surface area contributed by atoms with Crippen molar-refractivity contribution in [1.82, 2.24) is 14.9 Å². The zero-order chi connectivity index (χ0) is 14.8. The van der Waals surface area contributed by atoms with Gasteiger partial charge in [-0.05, 0) is 43.9 Å². The first kappa shape index (κ1) is 13.6. The molecule has 0 fully saturated rings. The third-order valence-electron chi connectivity index (χ3n) is 3.29. The fourth-order valence-corrected chi connectivity index (χ4v) is 2.31. The zero-order valence-electron chi connectivity index (χ0n) is 12.0. The third-order valence-corrected chi connectivity index (χ3v) is 3.29. The molecule has 2 heterocycles. The highest BCUT2D eigenvalue weighted by molar-refractivity contribution is 5.83. The summed E-state index contributed by atoms with van der Waals surface area (Å²) in [5.74, 6) is -0.258. The molecule has 4 heteroatoms. The fraction of sp³-hybridized carbons (Fsp3) is 0.176. The van der Waals surface area contributed by atoms with E-state index in [1.807, 2.05) is 32.4 Å². The summed E-state index contributed by atoms with van der Waals surface area (Å²) in [6.45, 7) is 0.845. The minimum atomic E-state index is -0.258. The SMILES string of the molecule is CN(C)Cc1ccc(-c2cnc3cccc(F)c3c2)nc1. The van der Waals surface area contributed by atoms with E-state index in [1.54, 1.807) is 24.4 Å². The second kappa shape index (κ2) is 5.58. The number of benzene rings is 1. The van der Waals surface area contributed by atoms with Crippen molar-refractivity contribution in [1.29, 1.82) is 0 Å². The van der Waals surface area contributed by atoms with Crippen molar-refractivity contribution in [3.05, 3.63) is 60.2 Å². The first-order valence-electron chi connectivity index (χ1n) is 6.78. The molecule has 2 aromatic heterocycles. The van der Waals surface area contributed by atoms with Crippen molar-refractivity contribution in [2.24, 2.45) is 0 Å². The van der Waals surface area contributed by atoms with Gasteiger partial charge in [0.25, 0.3) is 0 Å². The zero-order valence-corrected chi connectivity index (χ0v) is 12.0. The van der Waals surface area contributed by atoms with Gasteiger partial charge in [-0.25, -0.2) is 4.39 Å². The number of hydrogen-bond donors (Lipinski definition) is 0. The highest BCUT2D eigenvalue weighted by atomic mass is 19.1. The normalized spacial score (nSPS) is 11.2. The van der Waals surface area contributed by atoms with E-state index in [1.165, 1.54) is 6.07 Å². The Morgan fingerprint density at radius 2 is 1.90 bits per heavy atom. The van der Waals surface area contributed by atoms with Gasteiger partial charge in [-0.2, -0.15) is 0 Å². The van der Waals surface area contributed by atoms with Crippen molar-refractivity contribution in [3.8, 4) is 11.3 Å². The molecule has 0 saturated carbocycles. The van der Waals surface area contributed by atoms with Gasteiger partial charge in [-0.3, -0.25) is 9.97 Å². The molecule has 0 saturated heterocycles. The lowest BCUT2D eigenvalue weighted by Crippen LogP contribution is -2.10. The molecular formula is C17H16FN3. The number of fused-ring (bicyclic) bond motifs is 1. The summed E-state index contributed by atoms with van der Waals surface area (Å²) in [7, 11) is 4.04. The quantitative estimate of drug-likeness (QED) is 0.736. The minimum Gasteiger partial charge on any atom is -0.305 e. The molecule has 106 valence electrons. The van der Waals surface area contributed by atoms with E-state index in [9.17, 15) is 4.39 Å². The summed E-state index contributed by atoms with van der Waals surface area (Å²) in [6, 6.07) is 10.7. The Hall–Kier alpha value is -2.33. The van der Waals surface area contributed by atoms with Crippen molar-refractivity contribution < 1.29 is 4.39 Å². The molecule has 0 aliphatic carbocycles. The molecule has 21 heavy (non-hydrogen) atoms. The monoisotopic (exact) mass is 281 g/mol. The maximum atomic E-state index is 13.8. The Morgan fingerprint density at radius 1 is 1.05 bits per heavy atom. The number of aromatic nitrogens is 2. The predicted molar refractivity (Wildman–Crippen MR) is 82.3 cm³/mol. The van der Waals surface area contributed by atoms with Crippen LogP contribution < -0.4 is 0 Å². The topological polar surface area (TPSA) is 29.0 Å². The van der Waals surface area contributed by atoms with Crippen LogP contribution in [0.4, 0.5) is 4.39 Å². The van der Waals surface area contributed by atoms with Crippen LogP contribution in [-0.4, -0.2) is 29.0 Å². The summed E-state index contributed by atoms with van der Waals surface area (Å²) in [5.41, 5.74) is 3.42. The smallest absolute Gasteiger partial charge is 0.132 e. The lowest BCUT2D eigenvalue weighted by atomic mass is 10.1. The standard InChI is InChI=1S/C17H16FN3/c1-21(2)11-12-6-7-16(19-9-12)13-8-14-15(18)4-3-5-17(14)20-10-13/h3-10H,11H2,1-2H3. The van der Waals surface area contributed by atoms with E-state index >= 15 is 0 Å². The predicted octanol–water partition coefficient (Wildman–Crippen LogP) is 3.50. The van der Waals surface area contributed by atoms with Gasteiger partial charge in [-0.1, -0.05) is 12.1 Å². The van der Waals surface area contributed by atoms with E-state index in [0.717, 1.165) is 23.4 Å². The summed E-state index contributed by atoms with van der Waals surface area (Å²) in [4.78, 5) is 10.8. The van der Waals surface area contributed by atoms with Gasteiger partial charge < -0.3 is 4.90 Å². The van der Waals surface area contributed by atoms with E-state index in [-0.39, 0.29) is 5.82 Å². The molecule has 3 rings (SSSR count). The van der Waals surface area contributed by atoms with Crippen LogP contribution in [0.1, 0.15) is 5.56 Å². The molecule has 0 unspecified atom stereocenters. The Bertz CT molecular complexity index is 767. The summed E-state index contributed by atoms with van der Waals surface area (Å²) in [5, 5.41) is 0.522. The molecule has 0 N–H and O–H groups in total. The van der Waals surface area contributed by atoms with Crippen LogP contribution in [0.2, 0.25) is 0 Å². The minimum absolute atomic E-state index is 0.258. The molecule has 3 aromatic rings. The largest absolute Gasteiger partial charge is 0.305 e. The number of nitrogens with zero attached hydrogens (tertiary/aromatic N) is 3. The molecule has 0 radical (unpaired) electrons. The van der Waals surface area contributed by atoms with Crippen molar-refractivity contribution in [2.75, 3.05) is 14.1 Å². The van der Waals surface area contributed by atoms with E-state index in [2.05, 4.69) is 14.9 Å². The highest BCUT2D eigenvalue weighted by Gasteiger charge is 2.06. The Balaban J connectivity index is 1.98. The van der Waals surface area contributed by atoms with Gasteiger partial charge in [0, 0.05) is 29.9 Å². The van der Waals surface area contributed by atoms with Crippen LogP contribution in [0.5, 0.6) is 0 Å². The molecular weight excluding hydrogens is 265 g/mol. The lowest BCUT2D eigenvalue weighted by molar-refractivity contribution is 0.402. The first-order valence-corrected chi connectivity index (χ1v) is 6.78. The summed E-state index contributed by atoms with van der Waals surface area (Å²) < 4.78 is 13.8. The molecule has 0 amide bonds. The van der Waals surface area contributed by atoms with E-state index in [0.29, 0.717) is 10.9 Å².